The number of hydrogen-bond acceptors (Lipinski definition) is 5. The molecule has 7 heteroatoms. The van der Waals surface area contributed by atoms with Gasteiger partial charge in [0.05, 0.1) is 4.91 Å². The van der Waals surface area contributed by atoms with Gasteiger partial charge < -0.3 is 15.1 Å². The second kappa shape index (κ2) is 8.65. The maximum Gasteiger partial charge on any atom is 0.286 e. The van der Waals surface area contributed by atoms with Gasteiger partial charge in [-0.15, -0.1) is 0 Å². The summed E-state index contributed by atoms with van der Waals surface area (Å²) in [4.78, 5) is 29.4. The molecule has 3 rings (SSSR count). The third-order valence-electron chi connectivity index (χ3n) is 3.73. The molecule has 1 amide bonds. The number of hydrogen-bond donors (Lipinski definition) is 0. The zero-order valence-corrected chi connectivity index (χ0v) is 14.1. The number of rotatable bonds is 4. The van der Waals surface area contributed by atoms with Crippen LogP contribution in [0.1, 0.15) is 24.8 Å². The van der Waals surface area contributed by atoms with E-state index in [0.717, 1.165) is 36.7 Å². The molecule has 0 aliphatic carbocycles. The Labute approximate surface area is 144 Å². The number of thioether (sulfide) groups is 1. The summed E-state index contributed by atoms with van der Waals surface area (Å²) in [5, 5.41) is 0.826. The Balaban J connectivity index is 0.00000208. The Morgan fingerprint density at radius 2 is 1.88 bits per heavy atom. The molecule has 0 atom stereocenters. The standard InChI is InChI=1S/C17H18N2O3S.H2O/c20-10-11-22-14-6-4-13(5-7-14)12-15-16(21)18-17(23-15)19-8-2-1-3-9-19;/h4-7,10,12H,1-3,8-9,11H2;1H2/b15-12+;. The van der Waals surface area contributed by atoms with Crippen molar-refractivity contribution in [2.75, 3.05) is 19.7 Å². The minimum Gasteiger partial charge on any atom is -0.486 e. The molecule has 1 saturated heterocycles. The van der Waals surface area contributed by atoms with Crippen molar-refractivity contribution in [3.8, 4) is 5.75 Å². The molecule has 0 radical (unpaired) electrons. The molecule has 1 aromatic carbocycles. The largest absolute Gasteiger partial charge is 0.486 e. The smallest absolute Gasteiger partial charge is 0.286 e. The van der Waals surface area contributed by atoms with E-state index in [4.69, 9.17) is 4.74 Å². The van der Waals surface area contributed by atoms with Crippen molar-refractivity contribution < 1.29 is 19.8 Å². The summed E-state index contributed by atoms with van der Waals surface area (Å²) in [6.07, 6.45) is 6.13. The lowest BCUT2D eigenvalue weighted by Gasteiger charge is -2.27. The van der Waals surface area contributed by atoms with Crippen LogP contribution in [0.4, 0.5) is 0 Å². The molecule has 0 bridgehead atoms. The number of aldehydes is 1. The summed E-state index contributed by atoms with van der Waals surface area (Å²) >= 11 is 1.45. The lowest BCUT2D eigenvalue weighted by molar-refractivity contribution is -0.113. The first-order valence-electron chi connectivity index (χ1n) is 7.70. The second-order valence-corrected chi connectivity index (χ2v) is 6.41. The number of carbonyl (C=O) groups excluding carboxylic acids is 2. The predicted octanol–water partition coefficient (Wildman–Crippen LogP) is 1.90. The number of aliphatic imine (C=N–C) groups is 1. The zero-order valence-electron chi connectivity index (χ0n) is 13.2. The average molecular weight is 348 g/mol. The number of ether oxygens (including phenoxy) is 1. The van der Waals surface area contributed by atoms with Crippen LogP contribution in [0.5, 0.6) is 5.75 Å². The number of amides is 1. The van der Waals surface area contributed by atoms with E-state index in [1.807, 2.05) is 18.2 Å². The number of piperidine rings is 1. The maximum absolute atomic E-state index is 12.1. The van der Waals surface area contributed by atoms with Gasteiger partial charge in [-0.3, -0.25) is 9.59 Å². The molecule has 0 aromatic heterocycles. The molecule has 24 heavy (non-hydrogen) atoms. The van der Waals surface area contributed by atoms with Crippen molar-refractivity contribution in [1.29, 1.82) is 0 Å². The summed E-state index contributed by atoms with van der Waals surface area (Å²) < 4.78 is 5.21. The van der Waals surface area contributed by atoms with E-state index in [1.165, 1.54) is 18.2 Å². The van der Waals surface area contributed by atoms with Crippen molar-refractivity contribution in [1.82, 2.24) is 4.90 Å². The van der Waals surface area contributed by atoms with Crippen molar-refractivity contribution in [3.05, 3.63) is 34.7 Å². The number of benzene rings is 1. The molecule has 0 unspecified atom stereocenters. The molecule has 0 saturated carbocycles. The van der Waals surface area contributed by atoms with Gasteiger partial charge in [-0.2, -0.15) is 4.99 Å². The highest BCUT2D eigenvalue weighted by molar-refractivity contribution is 8.18. The van der Waals surface area contributed by atoms with E-state index in [9.17, 15) is 9.59 Å². The molecule has 0 spiro atoms. The number of carbonyl (C=O) groups is 2. The highest BCUT2D eigenvalue weighted by atomic mass is 32.2. The van der Waals surface area contributed by atoms with E-state index in [-0.39, 0.29) is 18.0 Å². The zero-order chi connectivity index (χ0) is 16.1. The van der Waals surface area contributed by atoms with Gasteiger partial charge in [-0.05, 0) is 54.8 Å². The normalized spacial score (nSPS) is 19.0. The molecular weight excluding hydrogens is 328 g/mol. The first-order chi connectivity index (χ1) is 11.3. The molecule has 1 aromatic rings. The van der Waals surface area contributed by atoms with E-state index in [2.05, 4.69) is 9.89 Å². The van der Waals surface area contributed by atoms with Crippen LogP contribution in [0.3, 0.4) is 0 Å². The lowest BCUT2D eigenvalue weighted by Crippen LogP contribution is -2.33. The summed E-state index contributed by atoms with van der Waals surface area (Å²) in [6, 6.07) is 7.29. The number of nitrogens with zero attached hydrogens (tertiary/aromatic N) is 2. The molecule has 6 nitrogen and oxygen atoms in total. The molecule has 128 valence electrons. The molecule has 2 heterocycles. The van der Waals surface area contributed by atoms with Crippen LogP contribution >= 0.6 is 11.8 Å². The van der Waals surface area contributed by atoms with Gasteiger partial charge in [-0.1, -0.05) is 12.1 Å². The van der Waals surface area contributed by atoms with Gasteiger partial charge in [0.2, 0.25) is 0 Å². The van der Waals surface area contributed by atoms with E-state index < -0.39 is 0 Å². The maximum atomic E-state index is 12.1. The average Bonchev–Trinajstić information content (AvgIpc) is 2.96. The van der Waals surface area contributed by atoms with Crippen LogP contribution in [-0.2, 0) is 9.59 Å². The monoisotopic (exact) mass is 348 g/mol. The van der Waals surface area contributed by atoms with Crippen LogP contribution in [0.15, 0.2) is 34.2 Å². The van der Waals surface area contributed by atoms with E-state index in [1.54, 1.807) is 12.1 Å². The van der Waals surface area contributed by atoms with Crippen LogP contribution in [-0.4, -0.2) is 47.4 Å². The quantitative estimate of drug-likeness (QED) is 0.612. The fourth-order valence-corrected chi connectivity index (χ4v) is 3.53. The SMILES string of the molecule is O.O=CCOc1ccc(/C=C2/SC(N3CCCCC3)=NC2=O)cc1. The van der Waals surface area contributed by atoms with Crippen LogP contribution in [0.25, 0.3) is 6.08 Å². The molecule has 2 aliphatic heterocycles. The third-order valence-corrected chi connectivity index (χ3v) is 4.78. The predicted molar refractivity (Wildman–Crippen MR) is 95.0 cm³/mol. The third kappa shape index (κ3) is 4.46. The summed E-state index contributed by atoms with van der Waals surface area (Å²) in [7, 11) is 0. The van der Waals surface area contributed by atoms with Crippen molar-refractivity contribution in [3.63, 3.8) is 0 Å². The number of likely N-dealkylation sites (tertiary alicyclic amines) is 1. The Morgan fingerprint density at radius 1 is 1.17 bits per heavy atom. The fraction of sp³-hybridized carbons (Fsp3) is 0.353. The lowest BCUT2D eigenvalue weighted by atomic mass is 10.1. The summed E-state index contributed by atoms with van der Waals surface area (Å²) in [6.45, 7) is 2.01. The van der Waals surface area contributed by atoms with Gasteiger partial charge in [0.25, 0.3) is 5.91 Å². The Bertz CT molecular complexity index is 649. The Hall–Kier alpha value is -2.12. The minimum atomic E-state index is -0.170. The fourth-order valence-electron chi connectivity index (χ4n) is 2.56. The van der Waals surface area contributed by atoms with Gasteiger partial charge in [-0.25, -0.2) is 0 Å². The molecule has 2 N–H and O–H groups in total. The first kappa shape index (κ1) is 18.2. The van der Waals surface area contributed by atoms with Gasteiger partial charge in [0.15, 0.2) is 11.5 Å². The topological polar surface area (TPSA) is 90.5 Å². The molecule has 2 aliphatic rings. The second-order valence-electron chi connectivity index (χ2n) is 5.40. The Kier molecular flexibility index (Phi) is 6.57. The summed E-state index contributed by atoms with van der Waals surface area (Å²) in [5.41, 5.74) is 0.911. The Morgan fingerprint density at radius 3 is 2.54 bits per heavy atom. The van der Waals surface area contributed by atoms with Crippen molar-refractivity contribution >= 4 is 35.2 Å². The van der Waals surface area contributed by atoms with Crippen LogP contribution < -0.4 is 4.74 Å². The van der Waals surface area contributed by atoms with Crippen LogP contribution in [0, 0.1) is 0 Å². The minimum absolute atomic E-state index is 0. The highest BCUT2D eigenvalue weighted by Crippen LogP contribution is 2.31. The van der Waals surface area contributed by atoms with Gasteiger partial charge in [0, 0.05) is 13.1 Å². The molecule has 1 fully saturated rings. The number of amidine groups is 1. The van der Waals surface area contributed by atoms with Crippen molar-refractivity contribution in [2.24, 2.45) is 4.99 Å². The van der Waals surface area contributed by atoms with Crippen molar-refractivity contribution in [2.45, 2.75) is 19.3 Å². The van der Waals surface area contributed by atoms with Crippen LogP contribution in [0.2, 0.25) is 0 Å². The highest BCUT2D eigenvalue weighted by Gasteiger charge is 2.26. The molecular formula is C17H20N2O4S. The summed E-state index contributed by atoms with van der Waals surface area (Å²) in [5.74, 6) is 0.465. The van der Waals surface area contributed by atoms with Gasteiger partial charge >= 0.3 is 0 Å². The van der Waals surface area contributed by atoms with E-state index >= 15 is 0 Å². The van der Waals surface area contributed by atoms with Gasteiger partial charge in [0.1, 0.15) is 12.4 Å². The first-order valence-corrected chi connectivity index (χ1v) is 8.52. The van der Waals surface area contributed by atoms with E-state index in [0.29, 0.717) is 16.9 Å².